The van der Waals surface area contributed by atoms with Crippen molar-refractivity contribution in [2.45, 2.75) is 56.5 Å². The average Bonchev–Trinajstić information content (AvgIpc) is 3.42. The summed E-state index contributed by atoms with van der Waals surface area (Å²) in [6.45, 7) is 0.340. The molecule has 1 aliphatic carbocycles. The van der Waals surface area contributed by atoms with Gasteiger partial charge in [0.15, 0.2) is 0 Å². The van der Waals surface area contributed by atoms with Crippen LogP contribution in [0.25, 0.3) is 0 Å². The Bertz CT molecular complexity index is 1150. The van der Waals surface area contributed by atoms with Crippen LogP contribution in [0.5, 0.6) is 0 Å². The molecule has 0 bridgehead atoms. The van der Waals surface area contributed by atoms with Gasteiger partial charge in [0.25, 0.3) is 0 Å². The van der Waals surface area contributed by atoms with Crippen LogP contribution in [0.1, 0.15) is 42.4 Å². The zero-order chi connectivity index (χ0) is 26.0. The second-order valence-corrected chi connectivity index (χ2v) is 11.3. The van der Waals surface area contributed by atoms with Gasteiger partial charge in [-0.3, -0.25) is 9.59 Å². The Kier molecular flexibility index (Phi) is 10.4. The molecule has 4 rings (SSSR count). The van der Waals surface area contributed by atoms with Gasteiger partial charge in [-0.1, -0.05) is 90.6 Å². The van der Waals surface area contributed by atoms with E-state index in [9.17, 15) is 9.59 Å². The number of hydrogen-bond donors (Lipinski definition) is 1. The molecular weight excluding hydrogens is 523 g/mol. The van der Waals surface area contributed by atoms with E-state index in [-0.39, 0.29) is 23.6 Å². The summed E-state index contributed by atoms with van der Waals surface area (Å²) in [7, 11) is 0. The standard InChI is InChI=1S/C30H32Cl2N2O2S/c31-25-14-10-23(11-15-25)19-34(29(35)21-37-20-24-12-16-26(32)17-13-24)28(18-22-6-2-1-3-7-22)30(36)33-27-8-4-5-9-27/h1-3,6-7,10-17,27-28H,4-5,8-9,18-21H2,(H,33,36)/t28-/m0/s1. The van der Waals surface area contributed by atoms with Gasteiger partial charge in [-0.05, 0) is 53.8 Å². The van der Waals surface area contributed by atoms with Gasteiger partial charge in [0.2, 0.25) is 11.8 Å². The highest BCUT2D eigenvalue weighted by molar-refractivity contribution is 7.99. The molecule has 0 spiro atoms. The lowest BCUT2D eigenvalue weighted by atomic mass is 10.0. The third-order valence-corrected chi connectivity index (χ3v) is 8.14. The monoisotopic (exact) mass is 554 g/mol. The predicted molar refractivity (Wildman–Crippen MR) is 154 cm³/mol. The van der Waals surface area contributed by atoms with Gasteiger partial charge >= 0.3 is 0 Å². The first-order valence-electron chi connectivity index (χ1n) is 12.7. The topological polar surface area (TPSA) is 49.4 Å². The molecule has 0 heterocycles. The van der Waals surface area contributed by atoms with E-state index < -0.39 is 6.04 Å². The molecule has 194 valence electrons. The second kappa shape index (κ2) is 13.9. The fraction of sp³-hybridized carbons (Fsp3) is 0.333. The number of rotatable bonds is 11. The van der Waals surface area contributed by atoms with Gasteiger partial charge in [-0.15, -0.1) is 11.8 Å². The average molecular weight is 556 g/mol. The molecule has 0 aromatic heterocycles. The van der Waals surface area contributed by atoms with Crippen LogP contribution < -0.4 is 5.32 Å². The lowest BCUT2D eigenvalue weighted by molar-refractivity contribution is -0.139. The predicted octanol–water partition coefficient (Wildman–Crippen LogP) is 6.93. The maximum absolute atomic E-state index is 13.7. The van der Waals surface area contributed by atoms with Crippen LogP contribution in [-0.4, -0.2) is 34.6 Å². The Hall–Kier alpha value is -2.47. The number of nitrogens with zero attached hydrogens (tertiary/aromatic N) is 1. The summed E-state index contributed by atoms with van der Waals surface area (Å²) in [4.78, 5) is 29.1. The minimum Gasteiger partial charge on any atom is -0.352 e. The minimum absolute atomic E-state index is 0.0589. The first-order valence-corrected chi connectivity index (χ1v) is 14.6. The second-order valence-electron chi connectivity index (χ2n) is 9.46. The van der Waals surface area contributed by atoms with Crippen molar-refractivity contribution in [3.8, 4) is 0 Å². The van der Waals surface area contributed by atoms with Crippen molar-refractivity contribution < 1.29 is 9.59 Å². The van der Waals surface area contributed by atoms with E-state index in [0.29, 0.717) is 28.8 Å². The van der Waals surface area contributed by atoms with Gasteiger partial charge in [-0.25, -0.2) is 0 Å². The number of hydrogen-bond acceptors (Lipinski definition) is 3. The molecule has 3 aromatic rings. The van der Waals surface area contributed by atoms with Gasteiger partial charge in [0, 0.05) is 34.8 Å². The first-order chi connectivity index (χ1) is 18.0. The summed E-state index contributed by atoms with van der Waals surface area (Å²) < 4.78 is 0. The van der Waals surface area contributed by atoms with Crippen LogP contribution in [0.4, 0.5) is 0 Å². The zero-order valence-corrected chi connectivity index (χ0v) is 23.1. The smallest absolute Gasteiger partial charge is 0.243 e. The number of halogens is 2. The largest absolute Gasteiger partial charge is 0.352 e. The highest BCUT2D eigenvalue weighted by Crippen LogP contribution is 2.22. The Morgan fingerprint density at radius 1 is 0.838 bits per heavy atom. The Morgan fingerprint density at radius 2 is 1.43 bits per heavy atom. The van der Waals surface area contributed by atoms with E-state index in [1.165, 1.54) is 0 Å². The summed E-state index contributed by atoms with van der Waals surface area (Å²) >= 11 is 13.7. The number of carbonyl (C=O) groups excluding carboxylic acids is 2. The summed E-state index contributed by atoms with van der Waals surface area (Å²) in [5, 5.41) is 4.57. The molecule has 3 aromatic carbocycles. The molecule has 7 heteroatoms. The number of carbonyl (C=O) groups is 2. The van der Waals surface area contributed by atoms with Crippen LogP contribution in [0.3, 0.4) is 0 Å². The van der Waals surface area contributed by atoms with Gasteiger partial charge in [-0.2, -0.15) is 0 Å². The molecule has 37 heavy (non-hydrogen) atoms. The van der Waals surface area contributed by atoms with Crippen LogP contribution in [0, 0.1) is 0 Å². The van der Waals surface area contributed by atoms with Crippen molar-refractivity contribution in [2.24, 2.45) is 0 Å². The fourth-order valence-corrected chi connectivity index (χ4v) is 5.75. The molecule has 4 nitrogen and oxygen atoms in total. The number of benzene rings is 3. The molecule has 1 N–H and O–H groups in total. The summed E-state index contributed by atoms with van der Waals surface area (Å²) in [6.07, 6.45) is 4.70. The van der Waals surface area contributed by atoms with Crippen molar-refractivity contribution in [3.05, 3.63) is 106 Å². The summed E-state index contributed by atoms with van der Waals surface area (Å²) in [6, 6.07) is 24.6. The lowest BCUT2D eigenvalue weighted by Gasteiger charge is -2.32. The summed E-state index contributed by atoms with van der Waals surface area (Å²) in [5.74, 6) is 0.824. The van der Waals surface area contributed by atoms with E-state index in [1.807, 2.05) is 78.9 Å². The van der Waals surface area contributed by atoms with Crippen LogP contribution >= 0.6 is 35.0 Å². The van der Waals surface area contributed by atoms with Crippen molar-refractivity contribution in [1.29, 1.82) is 0 Å². The van der Waals surface area contributed by atoms with Crippen molar-refractivity contribution in [3.63, 3.8) is 0 Å². The lowest BCUT2D eigenvalue weighted by Crippen LogP contribution is -2.52. The van der Waals surface area contributed by atoms with Crippen LogP contribution in [0.15, 0.2) is 78.9 Å². The third kappa shape index (κ3) is 8.53. The molecule has 0 saturated heterocycles. The van der Waals surface area contributed by atoms with Gasteiger partial charge < -0.3 is 10.2 Å². The van der Waals surface area contributed by atoms with Crippen LogP contribution in [-0.2, 0) is 28.3 Å². The SMILES string of the molecule is O=C(NC1CCCC1)[C@H](Cc1ccccc1)N(Cc1ccc(Cl)cc1)C(=O)CSCc1ccc(Cl)cc1. The number of nitrogens with one attached hydrogen (secondary N) is 1. The molecule has 0 unspecified atom stereocenters. The van der Waals surface area contributed by atoms with Gasteiger partial charge in [0.1, 0.15) is 6.04 Å². The normalized spacial score (nSPS) is 14.3. The van der Waals surface area contributed by atoms with E-state index in [4.69, 9.17) is 23.2 Å². The van der Waals surface area contributed by atoms with E-state index in [1.54, 1.807) is 16.7 Å². The summed E-state index contributed by atoms with van der Waals surface area (Å²) in [5.41, 5.74) is 3.07. The van der Waals surface area contributed by atoms with Crippen molar-refractivity contribution in [1.82, 2.24) is 10.2 Å². The Balaban J connectivity index is 1.55. The van der Waals surface area contributed by atoms with Crippen LogP contribution in [0.2, 0.25) is 10.0 Å². The number of amides is 2. The third-order valence-electron chi connectivity index (χ3n) is 6.65. The first kappa shape index (κ1) is 27.6. The maximum atomic E-state index is 13.7. The van der Waals surface area contributed by atoms with E-state index in [0.717, 1.165) is 42.4 Å². The maximum Gasteiger partial charge on any atom is 0.243 e. The van der Waals surface area contributed by atoms with Crippen molar-refractivity contribution >= 4 is 46.8 Å². The molecule has 0 aliphatic heterocycles. The quantitative estimate of drug-likeness (QED) is 0.279. The molecule has 1 atom stereocenters. The Morgan fingerprint density at radius 3 is 2.05 bits per heavy atom. The Labute approximate surface area is 233 Å². The van der Waals surface area contributed by atoms with Crippen molar-refractivity contribution in [2.75, 3.05) is 5.75 Å². The zero-order valence-electron chi connectivity index (χ0n) is 20.7. The molecule has 1 aliphatic rings. The highest BCUT2D eigenvalue weighted by Gasteiger charge is 2.32. The number of thioether (sulfide) groups is 1. The van der Waals surface area contributed by atoms with Gasteiger partial charge in [0.05, 0.1) is 5.75 Å². The van der Waals surface area contributed by atoms with E-state index in [2.05, 4.69) is 5.32 Å². The highest BCUT2D eigenvalue weighted by atomic mass is 35.5. The van der Waals surface area contributed by atoms with E-state index >= 15 is 0 Å². The molecule has 1 fully saturated rings. The minimum atomic E-state index is -0.609. The molecule has 2 amide bonds. The molecule has 1 saturated carbocycles. The molecule has 0 radical (unpaired) electrons. The molecular formula is C30H32Cl2N2O2S. The fourth-order valence-electron chi connectivity index (χ4n) is 4.63.